The lowest BCUT2D eigenvalue weighted by Crippen LogP contribution is -2.28. The third-order valence-electron chi connectivity index (χ3n) is 4.66. The first-order valence-electron chi connectivity index (χ1n) is 8.91. The zero-order valence-corrected chi connectivity index (χ0v) is 15.2. The maximum absolute atomic E-state index is 13.0. The fourth-order valence-corrected chi connectivity index (χ4v) is 2.93. The first-order valence-corrected chi connectivity index (χ1v) is 8.91. The topological polar surface area (TPSA) is 97.4 Å². The summed E-state index contributed by atoms with van der Waals surface area (Å²) in [6.45, 7) is 0. The van der Waals surface area contributed by atoms with Crippen molar-refractivity contribution in [1.82, 2.24) is 0 Å². The number of nitrogens with zero attached hydrogens (tertiary/aromatic N) is 4. The maximum atomic E-state index is 13.0. The number of hydrogen-bond donors (Lipinski definition) is 0. The molecule has 0 N–H and O–H groups in total. The molecule has 8 heteroatoms. The SMILES string of the molecule is COc1ccc(C2=NN(c3ccc([N+](=O)[O-])cc3)C(=O)[C@H]2C=NC2CC2)cc1. The van der Waals surface area contributed by atoms with Gasteiger partial charge in [-0.2, -0.15) is 10.1 Å². The number of carbonyl (C=O) groups excluding carboxylic acids is 1. The van der Waals surface area contributed by atoms with Gasteiger partial charge in [-0.15, -0.1) is 0 Å². The van der Waals surface area contributed by atoms with Gasteiger partial charge in [0.1, 0.15) is 11.7 Å². The molecular weight excluding hydrogens is 360 g/mol. The summed E-state index contributed by atoms with van der Waals surface area (Å²) < 4.78 is 5.19. The number of benzene rings is 2. The minimum Gasteiger partial charge on any atom is -0.497 e. The molecule has 0 aromatic heterocycles. The van der Waals surface area contributed by atoms with Crippen LogP contribution in [0.15, 0.2) is 58.6 Å². The van der Waals surface area contributed by atoms with Crippen molar-refractivity contribution in [1.29, 1.82) is 0 Å². The first-order chi connectivity index (χ1) is 13.6. The van der Waals surface area contributed by atoms with Crippen LogP contribution in [0, 0.1) is 16.0 Å². The number of amides is 1. The lowest BCUT2D eigenvalue weighted by Gasteiger charge is -2.12. The highest BCUT2D eigenvalue weighted by molar-refractivity contribution is 6.29. The smallest absolute Gasteiger partial charge is 0.269 e. The average Bonchev–Trinajstić information content (AvgIpc) is 3.49. The number of nitro groups is 1. The van der Waals surface area contributed by atoms with Gasteiger partial charge >= 0.3 is 0 Å². The molecule has 28 heavy (non-hydrogen) atoms. The minimum atomic E-state index is -0.593. The molecule has 1 fully saturated rings. The van der Waals surface area contributed by atoms with Crippen molar-refractivity contribution in [2.24, 2.45) is 16.0 Å². The van der Waals surface area contributed by atoms with E-state index in [0.717, 1.165) is 18.4 Å². The highest BCUT2D eigenvalue weighted by Gasteiger charge is 2.37. The van der Waals surface area contributed by atoms with E-state index in [0.29, 0.717) is 23.2 Å². The van der Waals surface area contributed by atoms with Crippen LogP contribution in [-0.4, -0.2) is 35.9 Å². The summed E-state index contributed by atoms with van der Waals surface area (Å²) >= 11 is 0. The Morgan fingerprint density at radius 3 is 2.43 bits per heavy atom. The highest BCUT2D eigenvalue weighted by Crippen LogP contribution is 2.29. The second-order valence-electron chi connectivity index (χ2n) is 6.64. The van der Waals surface area contributed by atoms with Crippen LogP contribution < -0.4 is 9.75 Å². The number of non-ortho nitro benzene ring substituents is 1. The molecule has 0 bridgehead atoms. The lowest BCUT2D eigenvalue weighted by atomic mass is 9.97. The number of rotatable bonds is 6. The normalized spacial score (nSPS) is 19.2. The molecule has 8 nitrogen and oxygen atoms in total. The van der Waals surface area contributed by atoms with E-state index in [-0.39, 0.29) is 11.6 Å². The summed E-state index contributed by atoms with van der Waals surface area (Å²) in [6.07, 6.45) is 3.76. The molecule has 1 amide bonds. The van der Waals surface area contributed by atoms with E-state index in [2.05, 4.69) is 10.1 Å². The monoisotopic (exact) mass is 378 g/mol. The zero-order valence-electron chi connectivity index (χ0n) is 15.2. The van der Waals surface area contributed by atoms with Gasteiger partial charge in [0.2, 0.25) is 0 Å². The molecule has 1 atom stereocenters. The van der Waals surface area contributed by atoms with Gasteiger partial charge in [0.15, 0.2) is 0 Å². The minimum absolute atomic E-state index is 0.0402. The van der Waals surface area contributed by atoms with E-state index in [1.807, 2.05) is 24.3 Å². The largest absolute Gasteiger partial charge is 0.497 e. The van der Waals surface area contributed by atoms with Crippen LogP contribution in [0.4, 0.5) is 11.4 Å². The Kier molecular flexibility index (Phi) is 4.60. The summed E-state index contributed by atoms with van der Waals surface area (Å²) in [5, 5.41) is 16.7. The second kappa shape index (κ2) is 7.22. The maximum Gasteiger partial charge on any atom is 0.269 e. The summed E-state index contributed by atoms with van der Waals surface area (Å²) in [5.74, 6) is -0.114. The molecular formula is C20H18N4O4. The van der Waals surface area contributed by atoms with Gasteiger partial charge in [0.05, 0.1) is 23.4 Å². The number of aliphatic imine (C=N–C) groups is 1. The van der Waals surface area contributed by atoms with Crippen LogP contribution in [0.3, 0.4) is 0 Å². The molecule has 4 rings (SSSR count). The molecule has 0 unspecified atom stereocenters. The molecule has 0 radical (unpaired) electrons. The Labute approximate surface area is 161 Å². The Bertz CT molecular complexity index is 963. The predicted octanol–water partition coefficient (Wildman–Crippen LogP) is 3.20. The quantitative estimate of drug-likeness (QED) is 0.438. The molecule has 0 saturated heterocycles. The van der Waals surface area contributed by atoms with Crippen molar-refractivity contribution in [2.75, 3.05) is 12.1 Å². The zero-order chi connectivity index (χ0) is 19.7. The highest BCUT2D eigenvalue weighted by atomic mass is 16.6. The molecule has 1 saturated carbocycles. The van der Waals surface area contributed by atoms with Gasteiger partial charge < -0.3 is 4.74 Å². The Balaban J connectivity index is 1.69. The first kappa shape index (κ1) is 17.8. The summed E-state index contributed by atoms with van der Waals surface area (Å²) in [5.41, 5.74) is 1.83. The Morgan fingerprint density at radius 1 is 1.18 bits per heavy atom. The number of anilines is 1. The van der Waals surface area contributed by atoms with Crippen molar-refractivity contribution in [2.45, 2.75) is 18.9 Å². The van der Waals surface area contributed by atoms with Crippen LogP contribution in [0.5, 0.6) is 5.75 Å². The summed E-state index contributed by atoms with van der Waals surface area (Å²) in [7, 11) is 1.59. The summed E-state index contributed by atoms with van der Waals surface area (Å²) in [6, 6.07) is 13.4. The van der Waals surface area contributed by atoms with Crippen LogP contribution in [0.2, 0.25) is 0 Å². The van der Waals surface area contributed by atoms with Crippen molar-refractivity contribution in [3.8, 4) is 5.75 Å². The van der Waals surface area contributed by atoms with Crippen molar-refractivity contribution in [3.05, 3.63) is 64.2 Å². The van der Waals surface area contributed by atoms with E-state index in [1.165, 1.54) is 29.3 Å². The van der Waals surface area contributed by atoms with Crippen LogP contribution in [0.25, 0.3) is 0 Å². The fourth-order valence-electron chi connectivity index (χ4n) is 2.93. The fraction of sp³-hybridized carbons (Fsp3) is 0.250. The van der Waals surface area contributed by atoms with Crippen molar-refractivity contribution < 1.29 is 14.5 Å². The van der Waals surface area contributed by atoms with Crippen LogP contribution >= 0.6 is 0 Å². The van der Waals surface area contributed by atoms with Gasteiger partial charge in [-0.3, -0.25) is 19.9 Å². The number of ether oxygens (including phenoxy) is 1. The van der Waals surface area contributed by atoms with Crippen molar-refractivity contribution in [3.63, 3.8) is 0 Å². The molecule has 2 aromatic rings. The van der Waals surface area contributed by atoms with Gasteiger partial charge in [-0.05, 0) is 54.8 Å². The van der Waals surface area contributed by atoms with Crippen LogP contribution in [0.1, 0.15) is 18.4 Å². The predicted molar refractivity (Wildman–Crippen MR) is 105 cm³/mol. The average molecular weight is 378 g/mol. The van der Waals surface area contributed by atoms with E-state index in [4.69, 9.17) is 4.74 Å². The number of nitro benzene ring substituents is 1. The number of carbonyl (C=O) groups is 1. The molecule has 1 heterocycles. The molecule has 2 aliphatic rings. The molecule has 2 aromatic carbocycles. The number of hydrogen-bond acceptors (Lipinski definition) is 6. The van der Waals surface area contributed by atoms with Gasteiger partial charge in [0, 0.05) is 24.4 Å². The Hall–Kier alpha value is -3.55. The van der Waals surface area contributed by atoms with E-state index >= 15 is 0 Å². The molecule has 1 aliphatic heterocycles. The van der Waals surface area contributed by atoms with E-state index in [1.54, 1.807) is 13.3 Å². The van der Waals surface area contributed by atoms with Gasteiger partial charge in [0.25, 0.3) is 11.6 Å². The van der Waals surface area contributed by atoms with E-state index in [9.17, 15) is 14.9 Å². The van der Waals surface area contributed by atoms with Gasteiger partial charge in [-0.1, -0.05) is 0 Å². The third-order valence-corrected chi connectivity index (χ3v) is 4.66. The Morgan fingerprint density at radius 2 is 1.86 bits per heavy atom. The third kappa shape index (κ3) is 3.48. The standard InChI is InChI=1S/C20H18N4O4/c1-28-17-10-2-13(3-11-17)19-18(12-21-14-4-5-14)20(25)23(22-19)15-6-8-16(9-7-15)24(26)27/h2-3,6-12,14,18H,4-5H2,1H3/t18-/m0/s1. The second-order valence-corrected chi connectivity index (χ2v) is 6.64. The number of methoxy groups -OCH3 is 1. The summed E-state index contributed by atoms with van der Waals surface area (Å²) in [4.78, 5) is 27.9. The molecule has 0 spiro atoms. The lowest BCUT2D eigenvalue weighted by molar-refractivity contribution is -0.384. The van der Waals surface area contributed by atoms with Crippen LogP contribution in [-0.2, 0) is 4.79 Å². The molecule has 1 aliphatic carbocycles. The number of hydrazone groups is 1. The van der Waals surface area contributed by atoms with Crippen molar-refractivity contribution >= 4 is 29.2 Å². The van der Waals surface area contributed by atoms with E-state index < -0.39 is 10.8 Å². The van der Waals surface area contributed by atoms with Gasteiger partial charge in [-0.25, -0.2) is 0 Å². The molecule has 142 valence electrons.